The van der Waals surface area contributed by atoms with Crippen LogP contribution in [0.25, 0.3) is 0 Å². The van der Waals surface area contributed by atoms with Crippen molar-refractivity contribution in [1.29, 1.82) is 0 Å². The summed E-state index contributed by atoms with van der Waals surface area (Å²) in [4.78, 5) is 0.347. The SMILES string of the molecule is O=S(=O)(c1ccc(Cl)cc1)N1C2CCCC1C1CNC3NCNN3C1C2. The molecule has 4 aliphatic heterocycles. The molecular formula is C17H24ClN5O2S. The number of hydrazine groups is 1. The molecule has 0 aliphatic carbocycles. The highest BCUT2D eigenvalue weighted by atomic mass is 35.5. The summed E-state index contributed by atoms with van der Waals surface area (Å²) < 4.78 is 28.7. The summed E-state index contributed by atoms with van der Waals surface area (Å²) in [6, 6.07) is 7.04. The third kappa shape index (κ3) is 2.63. The fourth-order valence-electron chi connectivity index (χ4n) is 5.27. The van der Waals surface area contributed by atoms with Gasteiger partial charge in [0.15, 0.2) is 0 Å². The lowest BCUT2D eigenvalue weighted by atomic mass is 9.75. The van der Waals surface area contributed by atoms with Crippen LogP contribution in [-0.2, 0) is 10.0 Å². The summed E-state index contributed by atoms with van der Waals surface area (Å²) in [7, 11) is -3.52. The maximum absolute atomic E-state index is 13.4. The first-order valence-electron chi connectivity index (χ1n) is 9.33. The van der Waals surface area contributed by atoms with Gasteiger partial charge < -0.3 is 0 Å². The molecular weight excluding hydrogens is 374 g/mol. The molecule has 2 bridgehead atoms. The summed E-state index contributed by atoms with van der Waals surface area (Å²) in [5.41, 5.74) is 3.42. The Kier molecular flexibility index (Phi) is 4.28. The summed E-state index contributed by atoms with van der Waals surface area (Å²) in [5.74, 6) is 0.289. The van der Waals surface area contributed by atoms with E-state index in [0.29, 0.717) is 16.0 Å². The molecule has 0 saturated carbocycles. The molecule has 0 spiro atoms. The van der Waals surface area contributed by atoms with Crippen LogP contribution in [0.4, 0.5) is 0 Å². The number of hydrogen-bond acceptors (Lipinski definition) is 6. The van der Waals surface area contributed by atoms with Crippen molar-refractivity contribution in [3.8, 4) is 0 Å². The number of fused-ring (bicyclic) bond motifs is 6. The van der Waals surface area contributed by atoms with Crippen molar-refractivity contribution in [1.82, 2.24) is 25.4 Å². The van der Waals surface area contributed by atoms with Crippen LogP contribution in [0.5, 0.6) is 0 Å². The van der Waals surface area contributed by atoms with Gasteiger partial charge in [0.1, 0.15) is 6.29 Å². The van der Waals surface area contributed by atoms with Crippen molar-refractivity contribution in [2.24, 2.45) is 5.92 Å². The van der Waals surface area contributed by atoms with Crippen LogP contribution in [0.3, 0.4) is 0 Å². The minimum atomic E-state index is -3.52. The van der Waals surface area contributed by atoms with E-state index >= 15 is 0 Å². The normalized spacial score (nSPS) is 38.0. The molecule has 4 saturated heterocycles. The lowest BCUT2D eigenvalue weighted by molar-refractivity contribution is -0.0657. The van der Waals surface area contributed by atoms with Gasteiger partial charge in [-0.2, -0.15) is 4.31 Å². The Hall–Kier alpha value is -0.740. The molecule has 4 heterocycles. The van der Waals surface area contributed by atoms with E-state index in [-0.39, 0.29) is 24.3 Å². The highest BCUT2D eigenvalue weighted by Crippen LogP contribution is 2.43. The van der Waals surface area contributed by atoms with Gasteiger partial charge in [0.05, 0.1) is 11.6 Å². The van der Waals surface area contributed by atoms with E-state index in [2.05, 4.69) is 21.1 Å². The van der Waals surface area contributed by atoms with Crippen molar-refractivity contribution in [2.45, 2.75) is 55.0 Å². The predicted molar refractivity (Wildman–Crippen MR) is 98.6 cm³/mol. The van der Waals surface area contributed by atoms with Crippen molar-refractivity contribution >= 4 is 21.6 Å². The second kappa shape index (κ2) is 6.41. The number of benzene rings is 1. The largest absolute Gasteiger partial charge is 0.288 e. The Labute approximate surface area is 159 Å². The lowest BCUT2D eigenvalue weighted by Crippen LogP contribution is -2.72. The van der Waals surface area contributed by atoms with Gasteiger partial charge in [-0.15, -0.1) is 0 Å². The van der Waals surface area contributed by atoms with Gasteiger partial charge in [0, 0.05) is 35.6 Å². The molecule has 0 aromatic heterocycles. The average molecular weight is 398 g/mol. The van der Waals surface area contributed by atoms with E-state index in [1.54, 1.807) is 24.3 Å². The van der Waals surface area contributed by atoms with Gasteiger partial charge in [0.2, 0.25) is 10.0 Å². The van der Waals surface area contributed by atoms with Crippen molar-refractivity contribution in [3.63, 3.8) is 0 Å². The molecule has 1 aromatic carbocycles. The van der Waals surface area contributed by atoms with E-state index in [1.807, 2.05) is 4.31 Å². The second-order valence-corrected chi connectivity index (χ2v) is 9.94. The average Bonchev–Trinajstić information content (AvgIpc) is 3.11. The van der Waals surface area contributed by atoms with E-state index in [0.717, 1.165) is 38.9 Å². The summed E-state index contributed by atoms with van der Waals surface area (Å²) >= 11 is 5.95. The van der Waals surface area contributed by atoms with Crippen molar-refractivity contribution < 1.29 is 8.42 Å². The van der Waals surface area contributed by atoms with Crippen molar-refractivity contribution in [3.05, 3.63) is 29.3 Å². The van der Waals surface area contributed by atoms with Crippen LogP contribution in [0.1, 0.15) is 25.7 Å². The van der Waals surface area contributed by atoms with Gasteiger partial charge in [-0.25, -0.2) is 18.9 Å². The zero-order valence-corrected chi connectivity index (χ0v) is 16.0. The van der Waals surface area contributed by atoms with Crippen LogP contribution in [-0.4, -0.2) is 55.4 Å². The minimum Gasteiger partial charge on any atom is -0.288 e. The first-order chi connectivity index (χ1) is 12.6. The Morgan fingerprint density at radius 2 is 1.88 bits per heavy atom. The lowest BCUT2D eigenvalue weighted by Gasteiger charge is -2.56. The smallest absolute Gasteiger partial charge is 0.243 e. The van der Waals surface area contributed by atoms with Gasteiger partial charge in [-0.05, 0) is 43.5 Å². The van der Waals surface area contributed by atoms with E-state index in [9.17, 15) is 8.42 Å². The molecule has 1 aromatic rings. The van der Waals surface area contributed by atoms with Gasteiger partial charge >= 0.3 is 0 Å². The summed E-state index contributed by atoms with van der Waals surface area (Å²) in [6.45, 7) is 1.59. The molecule has 4 fully saturated rings. The molecule has 5 rings (SSSR count). The maximum atomic E-state index is 13.4. The van der Waals surface area contributed by atoms with Crippen LogP contribution in [0, 0.1) is 5.92 Å². The van der Waals surface area contributed by atoms with Crippen molar-refractivity contribution in [2.75, 3.05) is 13.2 Å². The highest BCUT2D eigenvalue weighted by molar-refractivity contribution is 7.89. The van der Waals surface area contributed by atoms with E-state index in [4.69, 9.17) is 11.6 Å². The van der Waals surface area contributed by atoms with Crippen LogP contribution in [0.2, 0.25) is 5.02 Å². The fourth-order valence-corrected chi connectivity index (χ4v) is 7.32. The Bertz CT molecular complexity index is 789. The van der Waals surface area contributed by atoms with E-state index < -0.39 is 10.0 Å². The third-order valence-electron chi connectivity index (χ3n) is 6.35. The zero-order valence-electron chi connectivity index (χ0n) is 14.4. The highest BCUT2D eigenvalue weighted by Gasteiger charge is 2.54. The number of piperidine rings is 2. The Morgan fingerprint density at radius 3 is 2.69 bits per heavy atom. The number of rotatable bonds is 2. The molecule has 0 amide bonds. The minimum absolute atomic E-state index is 0.0454. The number of halogens is 1. The number of sulfonamides is 1. The second-order valence-electron chi connectivity index (χ2n) is 7.66. The molecule has 142 valence electrons. The summed E-state index contributed by atoms with van der Waals surface area (Å²) in [6.07, 6.45) is 3.99. The zero-order chi connectivity index (χ0) is 17.9. The molecule has 3 N–H and O–H groups in total. The molecule has 26 heavy (non-hydrogen) atoms. The molecule has 5 unspecified atom stereocenters. The Balaban J connectivity index is 1.49. The molecule has 7 nitrogen and oxygen atoms in total. The number of nitrogens with one attached hydrogen (secondary N) is 3. The monoisotopic (exact) mass is 397 g/mol. The molecule has 5 atom stereocenters. The van der Waals surface area contributed by atoms with Gasteiger partial charge in [-0.3, -0.25) is 10.6 Å². The molecule has 9 heteroatoms. The topological polar surface area (TPSA) is 76.7 Å². The van der Waals surface area contributed by atoms with Crippen LogP contribution in [0.15, 0.2) is 29.2 Å². The van der Waals surface area contributed by atoms with Crippen LogP contribution >= 0.6 is 11.6 Å². The number of nitrogens with zero attached hydrogens (tertiary/aromatic N) is 2. The first kappa shape index (κ1) is 17.4. The first-order valence-corrected chi connectivity index (χ1v) is 11.2. The Morgan fingerprint density at radius 1 is 1.08 bits per heavy atom. The van der Waals surface area contributed by atoms with Gasteiger partial charge in [-0.1, -0.05) is 18.0 Å². The molecule has 4 aliphatic rings. The summed E-state index contributed by atoms with van der Waals surface area (Å²) in [5, 5.41) is 9.73. The third-order valence-corrected chi connectivity index (χ3v) is 8.60. The molecule has 0 radical (unpaired) electrons. The number of hydrogen-bond donors (Lipinski definition) is 3. The standard InChI is InChI=1S/C17H24ClN5O2S/c18-11-4-6-13(7-5-11)26(24,25)23-12-2-1-3-15(23)14-9-19-17-20-10-21-22(17)16(14)8-12/h4-7,12,14-17,19-21H,1-3,8-10H2. The van der Waals surface area contributed by atoms with Gasteiger partial charge in [0.25, 0.3) is 0 Å². The fraction of sp³-hybridized carbons (Fsp3) is 0.647. The van der Waals surface area contributed by atoms with E-state index in [1.165, 1.54) is 0 Å². The van der Waals surface area contributed by atoms with Crippen LogP contribution < -0.4 is 16.1 Å². The maximum Gasteiger partial charge on any atom is 0.243 e. The predicted octanol–water partition coefficient (Wildman–Crippen LogP) is 0.894. The quantitative estimate of drug-likeness (QED) is 0.688.